The molecule has 0 unspecified atom stereocenters. The van der Waals surface area contributed by atoms with Crippen LogP contribution in [-0.2, 0) is 21.2 Å². The van der Waals surface area contributed by atoms with Gasteiger partial charge in [-0.2, -0.15) is 4.72 Å². The van der Waals surface area contributed by atoms with Gasteiger partial charge in [0.25, 0.3) is 0 Å². The molecule has 174 valence electrons. The molecule has 3 aromatic carbocycles. The quantitative estimate of drug-likeness (QED) is 0.444. The van der Waals surface area contributed by atoms with Gasteiger partial charge in [0, 0.05) is 5.02 Å². The molecular formula is C24H25ClN2O5S. The zero-order chi connectivity index (χ0) is 23.8. The number of carbonyl (C=O) groups is 1. The van der Waals surface area contributed by atoms with Crippen LogP contribution in [0.25, 0.3) is 0 Å². The second-order valence-electron chi connectivity index (χ2n) is 7.10. The van der Waals surface area contributed by atoms with Gasteiger partial charge in [0.05, 0.1) is 24.3 Å². The summed E-state index contributed by atoms with van der Waals surface area (Å²) in [7, 11) is -2.53. The van der Waals surface area contributed by atoms with E-state index in [2.05, 4.69) is 10.0 Å². The molecule has 7 nitrogen and oxygen atoms in total. The number of methoxy groups -OCH3 is 1. The van der Waals surface area contributed by atoms with Gasteiger partial charge in [0.1, 0.15) is 17.5 Å². The Hall–Kier alpha value is -3.07. The molecule has 33 heavy (non-hydrogen) atoms. The fraction of sp³-hybridized carbons (Fsp3) is 0.208. The van der Waals surface area contributed by atoms with Crippen LogP contribution in [0.1, 0.15) is 12.5 Å². The number of anilines is 1. The number of hydrogen-bond donors (Lipinski definition) is 2. The molecule has 2 N–H and O–H groups in total. The van der Waals surface area contributed by atoms with E-state index in [1.165, 1.54) is 19.2 Å². The van der Waals surface area contributed by atoms with Gasteiger partial charge in [-0.3, -0.25) is 4.79 Å². The van der Waals surface area contributed by atoms with Crippen molar-refractivity contribution in [3.8, 4) is 11.5 Å². The van der Waals surface area contributed by atoms with Gasteiger partial charge in [-0.25, -0.2) is 8.42 Å². The monoisotopic (exact) mass is 488 g/mol. The van der Waals surface area contributed by atoms with E-state index in [0.717, 1.165) is 5.56 Å². The minimum Gasteiger partial charge on any atom is -0.495 e. The highest BCUT2D eigenvalue weighted by atomic mass is 35.5. The number of hydrogen-bond acceptors (Lipinski definition) is 5. The number of carbonyl (C=O) groups excluding carboxylic acids is 1. The Labute approximate surface area is 198 Å². The van der Waals surface area contributed by atoms with E-state index in [-0.39, 0.29) is 11.3 Å². The van der Waals surface area contributed by atoms with E-state index in [1.807, 2.05) is 37.3 Å². The van der Waals surface area contributed by atoms with Crippen molar-refractivity contribution in [3.05, 3.63) is 83.4 Å². The summed E-state index contributed by atoms with van der Waals surface area (Å²) in [6.45, 7) is 2.31. The van der Waals surface area contributed by atoms with Crippen molar-refractivity contribution < 1.29 is 22.7 Å². The van der Waals surface area contributed by atoms with Gasteiger partial charge >= 0.3 is 0 Å². The van der Waals surface area contributed by atoms with Crippen molar-refractivity contribution in [2.24, 2.45) is 0 Å². The summed E-state index contributed by atoms with van der Waals surface area (Å²) in [6.07, 6.45) is 0.145. The summed E-state index contributed by atoms with van der Waals surface area (Å²) >= 11 is 6.06. The summed E-state index contributed by atoms with van der Waals surface area (Å²) < 4.78 is 39.3. The second-order valence-corrected chi connectivity index (χ2v) is 9.25. The van der Waals surface area contributed by atoms with Crippen LogP contribution in [0.5, 0.6) is 11.5 Å². The lowest BCUT2D eigenvalue weighted by Gasteiger charge is -2.20. The van der Waals surface area contributed by atoms with Crippen molar-refractivity contribution in [3.63, 3.8) is 0 Å². The zero-order valence-corrected chi connectivity index (χ0v) is 19.8. The summed E-state index contributed by atoms with van der Waals surface area (Å²) in [5, 5.41) is 3.13. The maximum absolute atomic E-state index is 13.2. The predicted octanol–water partition coefficient (Wildman–Crippen LogP) is 4.28. The highest BCUT2D eigenvalue weighted by Gasteiger charge is 2.27. The van der Waals surface area contributed by atoms with Gasteiger partial charge in [-0.15, -0.1) is 0 Å². The lowest BCUT2D eigenvalue weighted by Crippen LogP contribution is -2.45. The topological polar surface area (TPSA) is 93.7 Å². The van der Waals surface area contributed by atoms with Crippen molar-refractivity contribution in [1.29, 1.82) is 0 Å². The summed E-state index contributed by atoms with van der Waals surface area (Å²) in [5.74, 6) is 0.414. The minimum absolute atomic E-state index is 0.0251. The van der Waals surface area contributed by atoms with Crippen LogP contribution < -0.4 is 19.5 Å². The van der Waals surface area contributed by atoms with Gasteiger partial charge in [0.2, 0.25) is 15.9 Å². The Balaban J connectivity index is 1.87. The molecule has 3 rings (SSSR count). The third-order valence-corrected chi connectivity index (χ3v) is 6.48. The van der Waals surface area contributed by atoms with Gasteiger partial charge in [-0.1, -0.05) is 41.9 Å². The smallest absolute Gasteiger partial charge is 0.243 e. The Morgan fingerprint density at radius 2 is 1.73 bits per heavy atom. The molecule has 0 aliphatic rings. The number of rotatable bonds is 10. The Kier molecular flexibility index (Phi) is 8.32. The molecule has 0 bridgehead atoms. The van der Waals surface area contributed by atoms with Crippen LogP contribution >= 0.6 is 11.6 Å². The largest absolute Gasteiger partial charge is 0.495 e. The number of nitrogens with one attached hydrogen (secondary N) is 2. The number of sulfonamides is 1. The first kappa shape index (κ1) is 24.6. The van der Waals surface area contributed by atoms with E-state index in [1.54, 1.807) is 30.3 Å². The molecule has 0 saturated heterocycles. The SMILES string of the molecule is CCOc1ccc(S(=O)(=O)N[C@@H](Cc2ccccc2)C(=O)Nc2cc(Cl)ccc2OC)cc1. The molecule has 1 amide bonds. The van der Waals surface area contributed by atoms with E-state index >= 15 is 0 Å². The maximum Gasteiger partial charge on any atom is 0.243 e. The van der Waals surface area contributed by atoms with Crippen molar-refractivity contribution in [1.82, 2.24) is 4.72 Å². The highest BCUT2D eigenvalue weighted by Crippen LogP contribution is 2.28. The van der Waals surface area contributed by atoms with E-state index < -0.39 is 22.0 Å². The van der Waals surface area contributed by atoms with Gasteiger partial charge in [-0.05, 0) is 61.4 Å². The van der Waals surface area contributed by atoms with Crippen LogP contribution in [0.4, 0.5) is 5.69 Å². The first-order valence-electron chi connectivity index (χ1n) is 10.3. The number of halogens is 1. The average Bonchev–Trinajstić information content (AvgIpc) is 2.80. The lowest BCUT2D eigenvalue weighted by molar-refractivity contribution is -0.117. The molecule has 3 aromatic rings. The average molecular weight is 489 g/mol. The normalized spacial score (nSPS) is 12.1. The van der Waals surface area contributed by atoms with Crippen molar-refractivity contribution in [2.45, 2.75) is 24.3 Å². The van der Waals surface area contributed by atoms with Crippen LogP contribution in [0.3, 0.4) is 0 Å². The van der Waals surface area contributed by atoms with Crippen molar-refractivity contribution in [2.75, 3.05) is 19.0 Å². The third-order valence-electron chi connectivity index (χ3n) is 4.76. The first-order valence-corrected chi connectivity index (χ1v) is 12.1. The molecule has 0 spiro atoms. The molecule has 9 heteroatoms. The molecule has 0 fully saturated rings. The minimum atomic E-state index is -4.00. The number of amides is 1. The predicted molar refractivity (Wildman–Crippen MR) is 129 cm³/mol. The summed E-state index contributed by atoms with van der Waals surface area (Å²) in [4.78, 5) is 13.2. The second kappa shape index (κ2) is 11.2. The molecule has 0 saturated carbocycles. The fourth-order valence-electron chi connectivity index (χ4n) is 3.17. The Bertz CT molecular complexity index is 1190. The zero-order valence-electron chi connectivity index (χ0n) is 18.2. The van der Waals surface area contributed by atoms with Crippen LogP contribution in [0, 0.1) is 0 Å². The fourth-order valence-corrected chi connectivity index (χ4v) is 4.54. The molecule has 0 aliphatic heterocycles. The van der Waals surface area contributed by atoms with Crippen molar-refractivity contribution >= 4 is 33.2 Å². The lowest BCUT2D eigenvalue weighted by atomic mass is 10.1. The molecule has 0 aliphatic carbocycles. The van der Waals surface area contributed by atoms with Gasteiger partial charge in [0.15, 0.2) is 0 Å². The third kappa shape index (κ3) is 6.71. The summed E-state index contributed by atoms with van der Waals surface area (Å²) in [5.41, 5.74) is 1.14. The first-order chi connectivity index (χ1) is 15.8. The van der Waals surface area contributed by atoms with Crippen LogP contribution in [-0.4, -0.2) is 34.1 Å². The molecular weight excluding hydrogens is 464 g/mol. The Morgan fingerprint density at radius 1 is 1.03 bits per heavy atom. The maximum atomic E-state index is 13.2. The van der Waals surface area contributed by atoms with Crippen LogP contribution in [0.2, 0.25) is 5.02 Å². The van der Waals surface area contributed by atoms with E-state index in [0.29, 0.717) is 28.8 Å². The number of benzene rings is 3. The molecule has 0 radical (unpaired) electrons. The molecule has 1 atom stereocenters. The van der Waals surface area contributed by atoms with E-state index in [9.17, 15) is 13.2 Å². The van der Waals surface area contributed by atoms with Gasteiger partial charge < -0.3 is 14.8 Å². The molecule has 0 heterocycles. The van der Waals surface area contributed by atoms with Crippen LogP contribution in [0.15, 0.2) is 77.7 Å². The summed E-state index contributed by atoms with van der Waals surface area (Å²) in [6, 6.07) is 18.9. The highest BCUT2D eigenvalue weighted by molar-refractivity contribution is 7.89. The Morgan fingerprint density at radius 3 is 2.36 bits per heavy atom. The van der Waals surface area contributed by atoms with E-state index in [4.69, 9.17) is 21.1 Å². The number of ether oxygens (including phenoxy) is 2. The standard InChI is InChI=1S/C24H25ClN2O5S/c1-3-32-19-10-12-20(13-11-19)33(29,30)27-22(15-17-7-5-4-6-8-17)24(28)26-21-16-18(25)9-14-23(21)31-2/h4-14,16,22,27H,3,15H2,1-2H3,(H,26,28)/t22-/m0/s1. The molecule has 0 aromatic heterocycles.